The first-order valence-corrected chi connectivity index (χ1v) is 10.7. The van der Waals surface area contributed by atoms with Crippen molar-refractivity contribution < 1.29 is 9.59 Å². The zero-order chi connectivity index (χ0) is 19.5. The third-order valence-electron chi connectivity index (χ3n) is 4.61. The highest BCUT2D eigenvalue weighted by Crippen LogP contribution is 2.31. The highest BCUT2D eigenvalue weighted by Gasteiger charge is 2.31. The van der Waals surface area contributed by atoms with E-state index in [1.165, 1.54) is 11.3 Å². The van der Waals surface area contributed by atoms with E-state index in [1.807, 2.05) is 23.3 Å². The fraction of sp³-hybridized carbons (Fsp3) is 0.316. The molecule has 1 saturated heterocycles. The number of aromatic nitrogens is 3. The molecule has 4 heterocycles. The minimum absolute atomic E-state index is 0.0525. The number of aryl methyl sites for hydroxylation is 1. The van der Waals surface area contributed by atoms with Crippen LogP contribution in [0.1, 0.15) is 45.6 Å². The number of anilines is 1. The van der Waals surface area contributed by atoms with Crippen LogP contribution in [0.25, 0.3) is 0 Å². The molecule has 1 fully saturated rings. The molecule has 4 rings (SSSR count). The van der Waals surface area contributed by atoms with Gasteiger partial charge in [-0.1, -0.05) is 0 Å². The van der Waals surface area contributed by atoms with Gasteiger partial charge in [-0.3, -0.25) is 19.9 Å². The molecule has 0 radical (unpaired) electrons. The predicted molar refractivity (Wildman–Crippen MR) is 109 cm³/mol. The third kappa shape index (κ3) is 4.10. The average Bonchev–Trinajstić information content (AvgIpc) is 3.44. The van der Waals surface area contributed by atoms with Gasteiger partial charge in [0.1, 0.15) is 0 Å². The van der Waals surface area contributed by atoms with Gasteiger partial charge in [0.05, 0.1) is 34.4 Å². The van der Waals surface area contributed by atoms with Gasteiger partial charge in [0.15, 0.2) is 5.13 Å². The van der Waals surface area contributed by atoms with Crippen LogP contribution < -0.4 is 5.32 Å². The number of carbonyl (C=O) groups is 2. The fourth-order valence-electron chi connectivity index (χ4n) is 3.31. The van der Waals surface area contributed by atoms with Gasteiger partial charge in [-0.05, 0) is 31.9 Å². The molecular formula is C19H19N5O2S2. The lowest BCUT2D eigenvalue weighted by Gasteiger charge is -2.24. The number of hydrogen-bond acceptors (Lipinski definition) is 7. The van der Waals surface area contributed by atoms with Crippen LogP contribution in [0.5, 0.6) is 0 Å². The summed E-state index contributed by atoms with van der Waals surface area (Å²) < 4.78 is 0. The van der Waals surface area contributed by atoms with Crippen molar-refractivity contribution in [1.82, 2.24) is 19.9 Å². The summed E-state index contributed by atoms with van der Waals surface area (Å²) in [6.45, 7) is 2.66. The Kier molecular flexibility index (Phi) is 5.45. The molecule has 0 aromatic carbocycles. The van der Waals surface area contributed by atoms with Crippen molar-refractivity contribution in [2.75, 3.05) is 11.9 Å². The van der Waals surface area contributed by atoms with Crippen molar-refractivity contribution in [2.45, 2.75) is 32.2 Å². The molecule has 0 unspecified atom stereocenters. The molecule has 0 saturated carbocycles. The summed E-state index contributed by atoms with van der Waals surface area (Å²) in [6, 6.07) is 3.53. The summed E-state index contributed by atoms with van der Waals surface area (Å²) in [7, 11) is 0. The molecule has 0 bridgehead atoms. The number of nitrogens with one attached hydrogen (secondary N) is 1. The molecule has 1 aliphatic rings. The molecule has 1 aliphatic heterocycles. The smallest absolute Gasteiger partial charge is 0.259 e. The van der Waals surface area contributed by atoms with E-state index in [0.29, 0.717) is 17.1 Å². The van der Waals surface area contributed by atoms with Crippen LogP contribution in [-0.2, 0) is 11.2 Å². The molecule has 7 nitrogen and oxygen atoms in total. The first kappa shape index (κ1) is 18.7. The molecule has 1 atom stereocenters. The maximum Gasteiger partial charge on any atom is 0.259 e. The van der Waals surface area contributed by atoms with E-state index in [2.05, 4.69) is 20.3 Å². The molecule has 1 N–H and O–H groups in total. The van der Waals surface area contributed by atoms with Crippen molar-refractivity contribution in [1.29, 1.82) is 0 Å². The Morgan fingerprint density at radius 1 is 1.29 bits per heavy atom. The number of amides is 2. The lowest BCUT2D eigenvalue weighted by Crippen LogP contribution is -2.32. The third-order valence-corrected chi connectivity index (χ3v) is 6.13. The van der Waals surface area contributed by atoms with Crippen LogP contribution in [0.4, 0.5) is 5.13 Å². The number of hydrogen-bond donors (Lipinski definition) is 1. The van der Waals surface area contributed by atoms with Gasteiger partial charge in [0.2, 0.25) is 5.91 Å². The van der Waals surface area contributed by atoms with Gasteiger partial charge in [0, 0.05) is 29.7 Å². The van der Waals surface area contributed by atoms with E-state index in [-0.39, 0.29) is 17.9 Å². The Morgan fingerprint density at radius 2 is 2.18 bits per heavy atom. The number of carbonyl (C=O) groups excluding carboxylic acids is 2. The second-order valence-corrected chi connectivity index (χ2v) is 8.50. The van der Waals surface area contributed by atoms with Crippen LogP contribution in [0.3, 0.4) is 0 Å². The first-order valence-electron chi connectivity index (χ1n) is 8.97. The topological polar surface area (TPSA) is 88.1 Å². The molecule has 0 aliphatic carbocycles. The zero-order valence-electron chi connectivity index (χ0n) is 15.3. The molecular weight excluding hydrogens is 394 g/mol. The van der Waals surface area contributed by atoms with E-state index in [4.69, 9.17) is 0 Å². The summed E-state index contributed by atoms with van der Waals surface area (Å²) in [6.07, 6.45) is 5.33. The second kappa shape index (κ2) is 8.15. The summed E-state index contributed by atoms with van der Waals surface area (Å²) in [4.78, 5) is 39.8. The Hall–Kier alpha value is -2.65. The SMILES string of the molecule is Cc1nc(CC(=O)N2CCC[C@H]2c2ccc(C(=O)Nc3nccs3)cn2)cs1. The minimum Gasteiger partial charge on any atom is -0.334 e. The minimum atomic E-state index is -0.243. The van der Waals surface area contributed by atoms with E-state index in [1.54, 1.807) is 35.2 Å². The van der Waals surface area contributed by atoms with Crippen molar-refractivity contribution in [3.05, 3.63) is 57.2 Å². The quantitative estimate of drug-likeness (QED) is 0.692. The van der Waals surface area contributed by atoms with Crippen LogP contribution >= 0.6 is 22.7 Å². The normalized spacial score (nSPS) is 16.3. The lowest BCUT2D eigenvalue weighted by molar-refractivity contribution is -0.131. The standard InChI is InChI=1S/C19H19N5O2S2/c1-12-22-14(11-28-12)9-17(25)24-7-2-3-16(24)15-5-4-13(10-21-15)18(26)23-19-20-6-8-27-19/h4-6,8,10-11,16H,2-3,7,9H2,1H3,(H,20,23,26)/t16-/m0/s1. The van der Waals surface area contributed by atoms with Crippen molar-refractivity contribution in [2.24, 2.45) is 0 Å². The van der Waals surface area contributed by atoms with Crippen LogP contribution in [0, 0.1) is 6.92 Å². The maximum absolute atomic E-state index is 12.8. The Morgan fingerprint density at radius 3 is 2.86 bits per heavy atom. The average molecular weight is 414 g/mol. The van der Waals surface area contributed by atoms with Gasteiger partial charge in [0.25, 0.3) is 5.91 Å². The molecule has 28 heavy (non-hydrogen) atoms. The van der Waals surface area contributed by atoms with Crippen LogP contribution in [0.2, 0.25) is 0 Å². The molecule has 0 spiro atoms. The monoisotopic (exact) mass is 413 g/mol. The van der Waals surface area contributed by atoms with Gasteiger partial charge in [-0.2, -0.15) is 0 Å². The summed E-state index contributed by atoms with van der Waals surface area (Å²) in [5.41, 5.74) is 2.10. The van der Waals surface area contributed by atoms with Crippen LogP contribution in [0.15, 0.2) is 35.3 Å². The summed E-state index contributed by atoms with van der Waals surface area (Å²) >= 11 is 2.92. The Bertz CT molecular complexity index is 969. The number of thiazole rings is 2. The first-order chi connectivity index (χ1) is 13.6. The molecule has 2 amide bonds. The summed E-state index contributed by atoms with van der Waals surface area (Å²) in [5.74, 6) is -0.174. The number of likely N-dealkylation sites (tertiary alicyclic amines) is 1. The number of nitrogens with zero attached hydrogens (tertiary/aromatic N) is 4. The molecule has 3 aromatic heterocycles. The maximum atomic E-state index is 12.8. The van der Waals surface area contributed by atoms with Crippen molar-refractivity contribution in [3.63, 3.8) is 0 Å². The van der Waals surface area contributed by atoms with E-state index >= 15 is 0 Å². The van der Waals surface area contributed by atoms with Gasteiger partial charge < -0.3 is 4.90 Å². The van der Waals surface area contributed by atoms with Crippen molar-refractivity contribution in [3.8, 4) is 0 Å². The highest BCUT2D eigenvalue weighted by atomic mass is 32.1. The van der Waals surface area contributed by atoms with E-state index < -0.39 is 0 Å². The lowest BCUT2D eigenvalue weighted by atomic mass is 10.1. The molecule has 9 heteroatoms. The number of pyridine rings is 1. The molecule has 3 aromatic rings. The Balaban J connectivity index is 1.43. The highest BCUT2D eigenvalue weighted by molar-refractivity contribution is 7.13. The number of rotatable bonds is 5. The largest absolute Gasteiger partial charge is 0.334 e. The van der Waals surface area contributed by atoms with E-state index in [9.17, 15) is 9.59 Å². The van der Waals surface area contributed by atoms with Gasteiger partial charge in [-0.25, -0.2) is 9.97 Å². The van der Waals surface area contributed by atoms with Crippen molar-refractivity contribution >= 4 is 39.6 Å². The zero-order valence-corrected chi connectivity index (χ0v) is 16.9. The van der Waals surface area contributed by atoms with Crippen LogP contribution in [-0.4, -0.2) is 38.2 Å². The second-order valence-electron chi connectivity index (χ2n) is 6.54. The summed E-state index contributed by atoms with van der Waals surface area (Å²) in [5, 5.41) is 8.00. The Labute approximate surface area is 170 Å². The fourth-order valence-corrected chi connectivity index (χ4v) is 4.45. The van der Waals surface area contributed by atoms with E-state index in [0.717, 1.165) is 35.8 Å². The van der Waals surface area contributed by atoms with Gasteiger partial charge in [-0.15, -0.1) is 22.7 Å². The molecule has 144 valence electrons. The predicted octanol–water partition coefficient (Wildman–Crippen LogP) is 3.46. The van der Waals surface area contributed by atoms with Gasteiger partial charge >= 0.3 is 0 Å².